The molecular weight excluding hydrogens is 290 g/mol. The lowest BCUT2D eigenvalue weighted by Crippen LogP contribution is -2.47. The lowest BCUT2D eigenvalue weighted by Gasteiger charge is -2.38. The van der Waals surface area contributed by atoms with Gasteiger partial charge >= 0.3 is 0 Å². The van der Waals surface area contributed by atoms with E-state index in [2.05, 4.69) is 32.4 Å². The van der Waals surface area contributed by atoms with Gasteiger partial charge in [-0.25, -0.2) is 0 Å². The van der Waals surface area contributed by atoms with Crippen LogP contribution in [-0.2, 0) is 14.3 Å². The minimum Gasteiger partial charge on any atom is -0.462 e. The number of hydrogen-bond donors (Lipinski definition) is 1. The molecular formula is C19H41NO3. The fourth-order valence-corrected chi connectivity index (χ4v) is 2.11. The SMILES string of the molecule is C=O.CC(C)(C)OC=O.CCC1(N)CCCCC1C.CCCC. The number of rotatable bonds is 3. The summed E-state index contributed by atoms with van der Waals surface area (Å²) >= 11 is 0. The Morgan fingerprint density at radius 1 is 1.17 bits per heavy atom. The topological polar surface area (TPSA) is 69.4 Å². The zero-order valence-electron chi connectivity index (χ0n) is 16.6. The molecule has 1 rings (SSSR count). The van der Waals surface area contributed by atoms with Crippen molar-refractivity contribution < 1.29 is 14.3 Å². The van der Waals surface area contributed by atoms with Gasteiger partial charge in [0, 0.05) is 5.54 Å². The standard InChI is InChI=1S/C9H19N.C5H10O2.C4H10.CH2O/c1-3-9(10)7-5-4-6-8(9)2;1-5(2,3)7-4-6;1-3-4-2;1-2/h8H,3-7,10H2,1-2H3;4H,1-3H3;3-4H2,1-2H3;1H2. The number of unbranched alkanes of at least 4 members (excludes halogenated alkanes) is 1. The van der Waals surface area contributed by atoms with Gasteiger partial charge in [-0.05, 0) is 46.0 Å². The van der Waals surface area contributed by atoms with Crippen LogP contribution < -0.4 is 5.73 Å². The fraction of sp³-hybridized carbons (Fsp3) is 0.895. The predicted molar refractivity (Wildman–Crippen MR) is 99.4 cm³/mol. The Bertz CT molecular complexity index is 262. The van der Waals surface area contributed by atoms with Crippen molar-refractivity contribution in [2.75, 3.05) is 0 Å². The Morgan fingerprint density at radius 3 is 1.83 bits per heavy atom. The van der Waals surface area contributed by atoms with Gasteiger partial charge in [0.15, 0.2) is 0 Å². The van der Waals surface area contributed by atoms with Crippen LogP contribution in [0.5, 0.6) is 0 Å². The number of hydrogen-bond acceptors (Lipinski definition) is 4. The Morgan fingerprint density at radius 2 is 1.65 bits per heavy atom. The second-order valence-electron chi connectivity index (χ2n) is 7.06. The second-order valence-corrected chi connectivity index (χ2v) is 7.06. The first kappa shape index (κ1) is 27.0. The van der Waals surface area contributed by atoms with Gasteiger partial charge < -0.3 is 15.3 Å². The molecule has 23 heavy (non-hydrogen) atoms. The van der Waals surface area contributed by atoms with Gasteiger partial charge in [0.05, 0.1) is 0 Å². The minimum atomic E-state index is -0.318. The van der Waals surface area contributed by atoms with Crippen molar-refractivity contribution in [2.45, 2.75) is 105 Å². The van der Waals surface area contributed by atoms with Crippen molar-refractivity contribution in [3.63, 3.8) is 0 Å². The highest BCUT2D eigenvalue weighted by molar-refractivity contribution is 5.37. The molecule has 0 aromatic carbocycles. The molecule has 0 radical (unpaired) electrons. The quantitative estimate of drug-likeness (QED) is 0.748. The smallest absolute Gasteiger partial charge is 0.293 e. The maximum Gasteiger partial charge on any atom is 0.293 e. The van der Waals surface area contributed by atoms with Crippen molar-refractivity contribution in [1.82, 2.24) is 0 Å². The van der Waals surface area contributed by atoms with Gasteiger partial charge in [0.1, 0.15) is 12.4 Å². The summed E-state index contributed by atoms with van der Waals surface area (Å²) in [7, 11) is 0. The third kappa shape index (κ3) is 17.3. The van der Waals surface area contributed by atoms with E-state index >= 15 is 0 Å². The molecule has 0 heterocycles. The first-order valence-corrected chi connectivity index (χ1v) is 8.86. The minimum absolute atomic E-state index is 0.179. The van der Waals surface area contributed by atoms with Crippen LogP contribution in [0.4, 0.5) is 0 Å². The number of nitrogens with two attached hydrogens (primary N) is 1. The molecule has 0 aromatic rings. The van der Waals surface area contributed by atoms with Gasteiger partial charge in [-0.3, -0.25) is 4.79 Å². The van der Waals surface area contributed by atoms with E-state index in [1.54, 1.807) is 0 Å². The Balaban J connectivity index is -0.000000270. The largest absolute Gasteiger partial charge is 0.462 e. The van der Waals surface area contributed by atoms with Crippen molar-refractivity contribution in [1.29, 1.82) is 0 Å². The van der Waals surface area contributed by atoms with Crippen LogP contribution in [-0.4, -0.2) is 24.4 Å². The summed E-state index contributed by atoms with van der Waals surface area (Å²) in [4.78, 5) is 17.6. The Labute approximate surface area is 144 Å². The van der Waals surface area contributed by atoms with E-state index in [4.69, 9.17) is 10.5 Å². The molecule has 0 saturated heterocycles. The molecule has 1 fully saturated rings. The zero-order chi connectivity index (χ0) is 18.9. The first-order valence-electron chi connectivity index (χ1n) is 8.86. The highest BCUT2D eigenvalue weighted by atomic mass is 16.5. The molecule has 0 aliphatic heterocycles. The monoisotopic (exact) mass is 331 g/mol. The average molecular weight is 332 g/mol. The van der Waals surface area contributed by atoms with Crippen LogP contribution in [0.2, 0.25) is 0 Å². The van der Waals surface area contributed by atoms with E-state index in [9.17, 15) is 4.79 Å². The normalized spacial score (nSPS) is 22.9. The number of ether oxygens (including phenoxy) is 1. The number of carbonyl (C=O) groups excluding carboxylic acids is 2. The van der Waals surface area contributed by atoms with Crippen LogP contribution in [0.25, 0.3) is 0 Å². The molecule has 2 atom stereocenters. The zero-order valence-corrected chi connectivity index (χ0v) is 16.6. The van der Waals surface area contributed by atoms with Gasteiger partial charge in [0.25, 0.3) is 6.47 Å². The van der Waals surface area contributed by atoms with Crippen molar-refractivity contribution in [2.24, 2.45) is 11.7 Å². The molecule has 4 heteroatoms. The fourth-order valence-electron chi connectivity index (χ4n) is 2.11. The first-order chi connectivity index (χ1) is 10.7. The molecule has 0 aromatic heterocycles. The van der Waals surface area contributed by atoms with E-state index < -0.39 is 0 Å². The van der Waals surface area contributed by atoms with Crippen molar-refractivity contribution >= 4 is 13.3 Å². The van der Waals surface area contributed by atoms with Crippen LogP contribution >= 0.6 is 0 Å². The van der Waals surface area contributed by atoms with Crippen molar-refractivity contribution in [3.05, 3.63) is 0 Å². The predicted octanol–water partition coefficient (Wildman–Crippen LogP) is 4.88. The third-order valence-corrected chi connectivity index (χ3v) is 4.07. The molecule has 1 aliphatic carbocycles. The molecule has 1 saturated carbocycles. The Hall–Kier alpha value is -0.900. The summed E-state index contributed by atoms with van der Waals surface area (Å²) in [6.07, 6.45) is 9.10. The molecule has 4 nitrogen and oxygen atoms in total. The summed E-state index contributed by atoms with van der Waals surface area (Å²) in [6.45, 7) is 16.8. The lowest BCUT2D eigenvalue weighted by atomic mass is 9.73. The summed E-state index contributed by atoms with van der Waals surface area (Å²) in [5, 5.41) is 0. The molecule has 0 bridgehead atoms. The van der Waals surface area contributed by atoms with Gasteiger partial charge in [0.2, 0.25) is 0 Å². The number of carbonyl (C=O) groups is 2. The molecule has 140 valence electrons. The van der Waals surface area contributed by atoms with Gasteiger partial charge in [-0.15, -0.1) is 0 Å². The van der Waals surface area contributed by atoms with Gasteiger partial charge in [-0.1, -0.05) is 53.4 Å². The maximum atomic E-state index is 9.60. The van der Waals surface area contributed by atoms with E-state index in [-0.39, 0.29) is 11.1 Å². The molecule has 2 unspecified atom stereocenters. The lowest BCUT2D eigenvalue weighted by molar-refractivity contribution is -0.138. The summed E-state index contributed by atoms with van der Waals surface area (Å²) < 4.78 is 4.55. The van der Waals surface area contributed by atoms with Gasteiger partial charge in [-0.2, -0.15) is 0 Å². The van der Waals surface area contributed by atoms with E-state index in [0.717, 1.165) is 12.3 Å². The molecule has 0 amide bonds. The maximum absolute atomic E-state index is 9.60. The van der Waals surface area contributed by atoms with Crippen LogP contribution in [0.1, 0.15) is 93.4 Å². The van der Waals surface area contributed by atoms with E-state index in [0.29, 0.717) is 6.47 Å². The molecule has 2 N–H and O–H groups in total. The Kier molecular flexibility index (Phi) is 18.7. The van der Waals surface area contributed by atoms with E-state index in [1.807, 2.05) is 27.6 Å². The summed E-state index contributed by atoms with van der Waals surface area (Å²) in [5.41, 5.74) is 6.06. The van der Waals surface area contributed by atoms with Crippen LogP contribution in [0, 0.1) is 5.92 Å². The highest BCUT2D eigenvalue weighted by Gasteiger charge is 2.31. The molecule has 1 aliphatic rings. The summed E-state index contributed by atoms with van der Waals surface area (Å²) in [5.74, 6) is 0.742. The van der Waals surface area contributed by atoms with E-state index in [1.165, 1.54) is 38.5 Å². The summed E-state index contributed by atoms with van der Waals surface area (Å²) in [6, 6.07) is 0. The van der Waals surface area contributed by atoms with Crippen molar-refractivity contribution in [3.8, 4) is 0 Å². The molecule has 0 spiro atoms. The average Bonchev–Trinajstić information content (AvgIpc) is 2.52. The third-order valence-electron chi connectivity index (χ3n) is 4.07. The highest BCUT2D eigenvalue weighted by Crippen LogP contribution is 2.33. The van der Waals surface area contributed by atoms with Crippen LogP contribution in [0.3, 0.4) is 0 Å². The van der Waals surface area contributed by atoms with Crippen LogP contribution in [0.15, 0.2) is 0 Å². The second kappa shape index (κ2) is 16.0.